The maximum Gasteiger partial charge on any atom is 0.0958 e. The molecule has 0 aliphatic carbocycles. The number of benzene rings is 1. The van der Waals surface area contributed by atoms with Crippen molar-refractivity contribution in [3.05, 3.63) is 27.9 Å². The summed E-state index contributed by atoms with van der Waals surface area (Å²) in [5.74, 6) is 0. The Kier molecular flexibility index (Phi) is 1.88. The summed E-state index contributed by atoms with van der Waals surface area (Å²) in [6.45, 7) is 10.7. The fourth-order valence-electron chi connectivity index (χ4n) is 2.09. The number of hydrogen-bond donors (Lipinski definition) is 1. The highest BCUT2D eigenvalue weighted by Gasteiger charge is 2.12. The molecule has 2 aromatic rings. The van der Waals surface area contributed by atoms with Gasteiger partial charge in [-0.2, -0.15) is 5.10 Å². The van der Waals surface area contributed by atoms with E-state index >= 15 is 0 Å². The molecule has 74 valence electrons. The summed E-state index contributed by atoms with van der Waals surface area (Å²) in [7, 11) is 0. The van der Waals surface area contributed by atoms with E-state index in [4.69, 9.17) is 0 Å². The second kappa shape index (κ2) is 2.84. The molecule has 0 amide bonds. The van der Waals surface area contributed by atoms with Crippen molar-refractivity contribution in [3.8, 4) is 0 Å². The number of nitrogens with zero attached hydrogens (tertiary/aromatic N) is 1. The first-order valence-electron chi connectivity index (χ1n) is 4.95. The molecule has 0 fully saturated rings. The summed E-state index contributed by atoms with van der Waals surface area (Å²) in [5, 5.41) is 8.72. The maximum absolute atomic E-state index is 4.36. The van der Waals surface area contributed by atoms with Crippen LogP contribution in [0, 0.1) is 34.6 Å². The molecule has 0 unspecified atom stereocenters. The molecule has 0 saturated carbocycles. The van der Waals surface area contributed by atoms with Crippen LogP contribution in [0.3, 0.4) is 0 Å². The molecule has 2 rings (SSSR count). The van der Waals surface area contributed by atoms with Gasteiger partial charge in [-0.25, -0.2) is 0 Å². The minimum atomic E-state index is 1.13. The van der Waals surface area contributed by atoms with Crippen LogP contribution in [-0.4, -0.2) is 10.2 Å². The highest BCUT2D eigenvalue weighted by molar-refractivity contribution is 5.89. The molecule has 0 aliphatic heterocycles. The summed E-state index contributed by atoms with van der Waals surface area (Å²) in [6, 6.07) is 0. The number of fused-ring (bicyclic) bond motifs is 1. The Morgan fingerprint density at radius 1 is 0.786 bits per heavy atom. The van der Waals surface area contributed by atoms with Crippen molar-refractivity contribution in [2.45, 2.75) is 34.6 Å². The zero-order valence-electron chi connectivity index (χ0n) is 9.45. The third kappa shape index (κ3) is 0.999. The number of H-pyrrole nitrogens is 1. The predicted octanol–water partition coefficient (Wildman–Crippen LogP) is 3.11. The van der Waals surface area contributed by atoms with Crippen molar-refractivity contribution >= 4 is 10.9 Å². The largest absolute Gasteiger partial charge is 0.282 e. The van der Waals surface area contributed by atoms with Crippen LogP contribution in [0.4, 0.5) is 0 Å². The quantitative estimate of drug-likeness (QED) is 0.676. The molecule has 0 saturated heterocycles. The molecule has 0 atom stereocenters. The molecule has 1 aromatic carbocycles. The zero-order valence-corrected chi connectivity index (χ0v) is 9.45. The lowest BCUT2D eigenvalue weighted by Crippen LogP contribution is -1.93. The Balaban J connectivity index is 3.05. The van der Waals surface area contributed by atoms with Crippen LogP contribution < -0.4 is 0 Å². The van der Waals surface area contributed by atoms with Gasteiger partial charge in [-0.15, -0.1) is 0 Å². The van der Waals surface area contributed by atoms with Gasteiger partial charge in [0.15, 0.2) is 0 Å². The SMILES string of the molecule is Cc1c(C)c(C)c2c(C)[nH]nc2c1C. The first-order chi connectivity index (χ1) is 6.54. The molecule has 14 heavy (non-hydrogen) atoms. The highest BCUT2D eigenvalue weighted by Crippen LogP contribution is 2.29. The number of nitrogens with one attached hydrogen (secondary N) is 1. The van der Waals surface area contributed by atoms with Crippen molar-refractivity contribution in [2.24, 2.45) is 0 Å². The van der Waals surface area contributed by atoms with Crippen LogP contribution >= 0.6 is 0 Å². The molecular formula is C12H16N2. The Labute approximate surface area is 84.3 Å². The van der Waals surface area contributed by atoms with Crippen molar-refractivity contribution in [1.29, 1.82) is 0 Å². The van der Waals surface area contributed by atoms with E-state index in [1.807, 2.05) is 0 Å². The second-order valence-electron chi connectivity index (χ2n) is 4.07. The Morgan fingerprint density at radius 2 is 1.36 bits per heavy atom. The van der Waals surface area contributed by atoms with Crippen LogP contribution in [0.15, 0.2) is 0 Å². The highest BCUT2D eigenvalue weighted by atomic mass is 15.1. The zero-order chi connectivity index (χ0) is 10.5. The molecule has 2 heteroatoms. The first-order valence-corrected chi connectivity index (χ1v) is 4.95. The van der Waals surface area contributed by atoms with Gasteiger partial charge in [0.2, 0.25) is 0 Å². The van der Waals surface area contributed by atoms with Crippen LogP contribution in [0.1, 0.15) is 27.9 Å². The van der Waals surface area contributed by atoms with E-state index < -0.39 is 0 Å². The van der Waals surface area contributed by atoms with Gasteiger partial charge in [-0.3, -0.25) is 5.10 Å². The molecule has 2 nitrogen and oxygen atoms in total. The van der Waals surface area contributed by atoms with Gasteiger partial charge in [0, 0.05) is 11.1 Å². The topological polar surface area (TPSA) is 28.7 Å². The number of rotatable bonds is 0. The third-order valence-electron chi connectivity index (χ3n) is 3.36. The lowest BCUT2D eigenvalue weighted by molar-refractivity contribution is 1.06. The van der Waals surface area contributed by atoms with Gasteiger partial charge in [-0.05, 0) is 56.9 Å². The van der Waals surface area contributed by atoms with Gasteiger partial charge >= 0.3 is 0 Å². The summed E-state index contributed by atoms with van der Waals surface area (Å²) in [6.07, 6.45) is 0. The average Bonchev–Trinajstić information content (AvgIpc) is 2.54. The van der Waals surface area contributed by atoms with E-state index in [-0.39, 0.29) is 0 Å². The van der Waals surface area contributed by atoms with E-state index in [0.29, 0.717) is 0 Å². The number of aryl methyl sites for hydroxylation is 3. The standard InChI is InChI=1S/C12H16N2/c1-6-7(2)9(4)12-11(8(6)3)10(5)13-14-12/h1-5H3,(H,13,14). The van der Waals surface area contributed by atoms with Crippen molar-refractivity contribution in [3.63, 3.8) is 0 Å². The Hall–Kier alpha value is -1.31. The lowest BCUT2D eigenvalue weighted by atomic mass is 9.95. The number of aromatic amines is 1. The monoisotopic (exact) mass is 188 g/mol. The molecule has 1 heterocycles. The minimum absolute atomic E-state index is 1.13. The Morgan fingerprint density at radius 3 is 2.00 bits per heavy atom. The summed E-state index contributed by atoms with van der Waals surface area (Å²) in [5.41, 5.74) is 7.70. The summed E-state index contributed by atoms with van der Waals surface area (Å²) in [4.78, 5) is 0. The first kappa shape index (κ1) is 9.25. The predicted molar refractivity (Wildman–Crippen MR) is 59.8 cm³/mol. The smallest absolute Gasteiger partial charge is 0.0958 e. The maximum atomic E-state index is 4.36. The molecule has 0 aliphatic rings. The van der Waals surface area contributed by atoms with E-state index in [0.717, 1.165) is 5.52 Å². The average molecular weight is 188 g/mol. The molecule has 1 N–H and O–H groups in total. The van der Waals surface area contributed by atoms with Gasteiger partial charge < -0.3 is 0 Å². The molecular weight excluding hydrogens is 172 g/mol. The summed E-state index contributed by atoms with van der Waals surface area (Å²) < 4.78 is 0. The summed E-state index contributed by atoms with van der Waals surface area (Å²) >= 11 is 0. The van der Waals surface area contributed by atoms with Gasteiger partial charge in [0.05, 0.1) is 5.52 Å². The van der Waals surface area contributed by atoms with Gasteiger partial charge in [0.25, 0.3) is 0 Å². The molecule has 0 spiro atoms. The van der Waals surface area contributed by atoms with Crippen molar-refractivity contribution in [2.75, 3.05) is 0 Å². The van der Waals surface area contributed by atoms with Gasteiger partial charge in [0.1, 0.15) is 0 Å². The van der Waals surface area contributed by atoms with Crippen molar-refractivity contribution in [1.82, 2.24) is 10.2 Å². The van der Waals surface area contributed by atoms with E-state index in [9.17, 15) is 0 Å². The Bertz CT molecular complexity index is 507. The van der Waals surface area contributed by atoms with Crippen LogP contribution in [0.5, 0.6) is 0 Å². The van der Waals surface area contributed by atoms with E-state index in [1.54, 1.807) is 0 Å². The lowest BCUT2D eigenvalue weighted by Gasteiger charge is -2.10. The van der Waals surface area contributed by atoms with Crippen LogP contribution in [-0.2, 0) is 0 Å². The van der Waals surface area contributed by atoms with E-state index in [1.165, 1.54) is 33.3 Å². The number of hydrogen-bond acceptors (Lipinski definition) is 1. The minimum Gasteiger partial charge on any atom is -0.282 e. The van der Waals surface area contributed by atoms with Crippen LogP contribution in [0.25, 0.3) is 10.9 Å². The third-order valence-corrected chi connectivity index (χ3v) is 3.36. The normalized spacial score (nSPS) is 11.2. The van der Waals surface area contributed by atoms with Crippen LogP contribution in [0.2, 0.25) is 0 Å². The molecule has 0 bridgehead atoms. The number of aromatic nitrogens is 2. The molecule has 0 radical (unpaired) electrons. The molecule has 1 aromatic heterocycles. The second-order valence-corrected chi connectivity index (χ2v) is 4.07. The van der Waals surface area contributed by atoms with E-state index in [2.05, 4.69) is 44.8 Å². The fraction of sp³-hybridized carbons (Fsp3) is 0.417. The fourth-order valence-corrected chi connectivity index (χ4v) is 2.09. The van der Waals surface area contributed by atoms with Crippen molar-refractivity contribution < 1.29 is 0 Å². The van der Waals surface area contributed by atoms with Gasteiger partial charge in [-0.1, -0.05) is 0 Å².